The van der Waals surface area contributed by atoms with E-state index in [4.69, 9.17) is 5.73 Å². The molecule has 2 aromatic rings. The number of para-hydroxylation sites is 1. The van der Waals surface area contributed by atoms with Gasteiger partial charge in [-0.15, -0.1) is 0 Å². The second-order valence-electron chi connectivity index (χ2n) is 5.97. The van der Waals surface area contributed by atoms with E-state index in [-0.39, 0.29) is 5.91 Å². The van der Waals surface area contributed by atoms with Crippen LogP contribution in [0.25, 0.3) is 0 Å². The molecule has 1 amide bonds. The number of carbonyl (C=O) groups is 1. The van der Waals surface area contributed by atoms with Crippen molar-refractivity contribution in [3.8, 4) is 0 Å². The third-order valence-corrected chi connectivity index (χ3v) is 4.66. The number of rotatable bonds is 1. The number of anilines is 2. The van der Waals surface area contributed by atoms with Gasteiger partial charge in [0, 0.05) is 37.4 Å². The van der Waals surface area contributed by atoms with Crippen LogP contribution in [0.1, 0.15) is 21.8 Å². The van der Waals surface area contributed by atoms with Gasteiger partial charge in [-0.25, -0.2) is 4.98 Å². The van der Waals surface area contributed by atoms with E-state index in [2.05, 4.69) is 16.4 Å². The number of amides is 1. The van der Waals surface area contributed by atoms with Crippen molar-refractivity contribution in [2.45, 2.75) is 5.92 Å². The summed E-state index contributed by atoms with van der Waals surface area (Å²) in [5.74, 6) is 1.39. The highest BCUT2D eigenvalue weighted by Gasteiger charge is 2.38. The van der Waals surface area contributed by atoms with E-state index < -0.39 is 0 Å². The fourth-order valence-corrected chi connectivity index (χ4v) is 3.55. The average molecular weight is 294 g/mol. The second-order valence-corrected chi connectivity index (χ2v) is 5.97. The molecular formula is C17H18N4O. The van der Waals surface area contributed by atoms with Crippen LogP contribution >= 0.6 is 0 Å². The van der Waals surface area contributed by atoms with Gasteiger partial charge in [0.2, 0.25) is 0 Å². The summed E-state index contributed by atoms with van der Waals surface area (Å²) in [6, 6.07) is 11.6. The zero-order valence-electron chi connectivity index (χ0n) is 12.2. The van der Waals surface area contributed by atoms with Gasteiger partial charge in [0.1, 0.15) is 5.82 Å². The number of hydrogen-bond acceptors (Lipinski definition) is 4. The van der Waals surface area contributed by atoms with Crippen LogP contribution in [0.5, 0.6) is 0 Å². The molecule has 5 heteroatoms. The summed E-state index contributed by atoms with van der Waals surface area (Å²) in [7, 11) is 0. The number of pyridine rings is 1. The summed E-state index contributed by atoms with van der Waals surface area (Å²) >= 11 is 0. The Morgan fingerprint density at radius 3 is 2.91 bits per heavy atom. The van der Waals surface area contributed by atoms with Crippen LogP contribution in [0.2, 0.25) is 0 Å². The van der Waals surface area contributed by atoms with Crippen molar-refractivity contribution in [3.05, 3.63) is 53.7 Å². The van der Waals surface area contributed by atoms with E-state index in [1.807, 2.05) is 23.1 Å². The summed E-state index contributed by atoms with van der Waals surface area (Å²) < 4.78 is 0. The smallest absolute Gasteiger partial charge is 0.259 e. The zero-order chi connectivity index (χ0) is 15.1. The molecule has 0 aliphatic carbocycles. The van der Waals surface area contributed by atoms with Crippen molar-refractivity contribution in [2.75, 3.05) is 30.3 Å². The first-order chi connectivity index (χ1) is 10.7. The molecule has 1 aromatic heterocycles. The molecule has 1 fully saturated rings. The average Bonchev–Trinajstić information content (AvgIpc) is 3.03. The lowest BCUT2D eigenvalue weighted by molar-refractivity contribution is 0.0980. The third kappa shape index (κ3) is 2.05. The summed E-state index contributed by atoms with van der Waals surface area (Å²) in [4.78, 5) is 18.8. The van der Waals surface area contributed by atoms with Gasteiger partial charge in [-0.05, 0) is 29.7 Å². The van der Waals surface area contributed by atoms with Crippen LogP contribution in [-0.4, -0.2) is 30.5 Å². The molecule has 0 radical (unpaired) electrons. The van der Waals surface area contributed by atoms with Crippen LogP contribution in [0.15, 0.2) is 42.6 Å². The number of hydrogen-bond donors (Lipinski definition) is 2. The molecular weight excluding hydrogens is 276 g/mol. The Kier molecular flexibility index (Phi) is 3.08. The van der Waals surface area contributed by atoms with E-state index >= 15 is 0 Å². The molecule has 2 atom stereocenters. The molecule has 5 nitrogen and oxygen atoms in total. The van der Waals surface area contributed by atoms with Gasteiger partial charge in [-0.2, -0.15) is 0 Å². The lowest BCUT2D eigenvalue weighted by Gasteiger charge is -2.36. The maximum absolute atomic E-state index is 12.9. The number of aromatic nitrogens is 1. The van der Waals surface area contributed by atoms with Gasteiger partial charge < -0.3 is 16.0 Å². The van der Waals surface area contributed by atoms with Gasteiger partial charge in [0.25, 0.3) is 5.91 Å². The van der Waals surface area contributed by atoms with Gasteiger partial charge in [-0.3, -0.25) is 4.79 Å². The van der Waals surface area contributed by atoms with Crippen molar-refractivity contribution >= 4 is 17.4 Å². The molecule has 4 rings (SSSR count). The monoisotopic (exact) mass is 294 g/mol. The second kappa shape index (κ2) is 5.10. The number of fused-ring (bicyclic) bond motifs is 3. The standard InChI is InChI=1S/C17H18N4O/c18-16-6-5-11(8-20-16)17(22)21-10-12-7-19-9-14(12)13-3-1-2-4-15(13)21/h1-6,8,12,14,19H,7,9-10H2,(H2,18,20)/t12-,14-/m1/s1. The minimum absolute atomic E-state index is 0.00898. The van der Waals surface area contributed by atoms with Crippen LogP contribution in [0.4, 0.5) is 11.5 Å². The van der Waals surface area contributed by atoms with E-state index in [1.54, 1.807) is 18.3 Å². The van der Waals surface area contributed by atoms with E-state index in [9.17, 15) is 4.79 Å². The summed E-state index contributed by atoms with van der Waals surface area (Å²) in [5.41, 5.74) is 8.47. The zero-order valence-corrected chi connectivity index (χ0v) is 12.2. The van der Waals surface area contributed by atoms with E-state index in [1.165, 1.54) is 5.56 Å². The number of benzene rings is 1. The fourth-order valence-electron chi connectivity index (χ4n) is 3.55. The highest BCUT2D eigenvalue weighted by molar-refractivity contribution is 6.06. The molecule has 0 spiro atoms. The first-order valence-electron chi connectivity index (χ1n) is 7.57. The summed E-state index contributed by atoms with van der Waals surface area (Å²) in [6.45, 7) is 2.70. The Bertz CT molecular complexity index is 713. The molecule has 3 N–H and O–H groups in total. The Morgan fingerprint density at radius 1 is 1.23 bits per heavy atom. The number of nitrogens with zero attached hydrogens (tertiary/aromatic N) is 2. The number of nitrogens with two attached hydrogens (primary N) is 1. The van der Waals surface area contributed by atoms with Crippen molar-refractivity contribution < 1.29 is 4.79 Å². The van der Waals surface area contributed by atoms with Crippen molar-refractivity contribution in [2.24, 2.45) is 5.92 Å². The molecule has 0 saturated carbocycles. The fraction of sp³-hybridized carbons (Fsp3) is 0.294. The van der Waals surface area contributed by atoms with Gasteiger partial charge in [0.15, 0.2) is 0 Å². The van der Waals surface area contributed by atoms with Gasteiger partial charge in [0.05, 0.1) is 5.56 Å². The minimum atomic E-state index is -0.00898. The molecule has 3 heterocycles. The van der Waals surface area contributed by atoms with Crippen molar-refractivity contribution in [1.82, 2.24) is 10.3 Å². The Balaban J connectivity index is 1.74. The van der Waals surface area contributed by atoms with Crippen molar-refractivity contribution in [3.63, 3.8) is 0 Å². The highest BCUT2D eigenvalue weighted by Crippen LogP contribution is 2.40. The number of carbonyl (C=O) groups excluding carboxylic acids is 1. The molecule has 0 unspecified atom stereocenters. The molecule has 2 aliphatic rings. The molecule has 1 saturated heterocycles. The number of nitrogens with one attached hydrogen (secondary N) is 1. The van der Waals surface area contributed by atoms with Gasteiger partial charge in [-0.1, -0.05) is 18.2 Å². The lowest BCUT2D eigenvalue weighted by atomic mass is 9.83. The first kappa shape index (κ1) is 13.3. The SMILES string of the molecule is Nc1ccc(C(=O)N2C[C@H]3CNC[C@H]3c3ccccc32)cn1. The van der Waals surface area contributed by atoms with Crippen LogP contribution in [0, 0.1) is 5.92 Å². The van der Waals surface area contributed by atoms with E-state index in [0.717, 1.165) is 25.3 Å². The molecule has 112 valence electrons. The van der Waals surface area contributed by atoms with E-state index in [0.29, 0.717) is 23.2 Å². The number of nitrogen functional groups attached to an aromatic ring is 1. The third-order valence-electron chi connectivity index (χ3n) is 4.66. The Hall–Kier alpha value is -2.40. The molecule has 22 heavy (non-hydrogen) atoms. The first-order valence-corrected chi connectivity index (χ1v) is 7.57. The van der Waals surface area contributed by atoms with Crippen molar-refractivity contribution in [1.29, 1.82) is 0 Å². The Labute approximate surface area is 129 Å². The minimum Gasteiger partial charge on any atom is -0.384 e. The highest BCUT2D eigenvalue weighted by atomic mass is 16.2. The molecule has 0 bridgehead atoms. The maximum Gasteiger partial charge on any atom is 0.259 e. The predicted molar refractivity (Wildman–Crippen MR) is 85.9 cm³/mol. The topological polar surface area (TPSA) is 71.2 Å². The Morgan fingerprint density at radius 2 is 2.09 bits per heavy atom. The van der Waals surface area contributed by atoms with Crippen LogP contribution in [-0.2, 0) is 0 Å². The molecule has 2 aliphatic heterocycles. The largest absolute Gasteiger partial charge is 0.384 e. The van der Waals surface area contributed by atoms with Crippen LogP contribution < -0.4 is 16.0 Å². The molecule has 1 aromatic carbocycles. The quantitative estimate of drug-likeness (QED) is 0.838. The normalized spacial score (nSPS) is 23.0. The summed E-state index contributed by atoms with van der Waals surface area (Å²) in [5, 5.41) is 3.45. The summed E-state index contributed by atoms with van der Waals surface area (Å²) in [6.07, 6.45) is 1.55. The van der Waals surface area contributed by atoms with Gasteiger partial charge >= 0.3 is 0 Å². The lowest BCUT2D eigenvalue weighted by Crippen LogP contribution is -2.41. The maximum atomic E-state index is 12.9. The predicted octanol–water partition coefficient (Wildman–Crippen LogP) is 1.63. The van der Waals surface area contributed by atoms with Crippen LogP contribution in [0.3, 0.4) is 0 Å².